The normalized spacial score (nSPS) is 21.0. The van der Waals surface area contributed by atoms with Crippen molar-refractivity contribution in [2.24, 2.45) is 0 Å². The molecule has 1 aromatic rings. The van der Waals surface area contributed by atoms with Gasteiger partial charge < -0.3 is 5.32 Å². The van der Waals surface area contributed by atoms with Gasteiger partial charge in [0.15, 0.2) is 0 Å². The molecule has 0 aliphatic heterocycles. The first-order valence-electron chi connectivity index (χ1n) is 4.27. The van der Waals surface area contributed by atoms with Crippen LogP contribution in [0.2, 0.25) is 5.02 Å². The number of rotatable bonds is 1. The molecule has 2 rings (SSSR count). The first-order chi connectivity index (χ1) is 5.83. The molecule has 0 amide bonds. The Morgan fingerprint density at radius 2 is 2.33 bits per heavy atom. The summed E-state index contributed by atoms with van der Waals surface area (Å²) < 4.78 is 0. The molecule has 0 radical (unpaired) electrons. The first-order valence-corrected chi connectivity index (χ1v) is 4.65. The monoisotopic (exact) mass is 181 g/mol. The highest BCUT2D eigenvalue weighted by molar-refractivity contribution is 6.31. The van der Waals surface area contributed by atoms with Crippen LogP contribution in [0.5, 0.6) is 0 Å². The molecule has 0 bridgehead atoms. The third kappa shape index (κ3) is 1.13. The summed E-state index contributed by atoms with van der Waals surface area (Å²) in [5, 5.41) is 4.21. The lowest BCUT2D eigenvalue weighted by Crippen LogP contribution is -2.12. The maximum absolute atomic E-state index is 6.06. The summed E-state index contributed by atoms with van der Waals surface area (Å²) in [4.78, 5) is 0. The molecule has 1 aromatic carbocycles. The Hall–Kier alpha value is -0.530. The van der Waals surface area contributed by atoms with Crippen molar-refractivity contribution in [2.45, 2.75) is 18.9 Å². The molecule has 0 heterocycles. The molecule has 12 heavy (non-hydrogen) atoms. The van der Waals surface area contributed by atoms with Gasteiger partial charge in [0.2, 0.25) is 0 Å². The SMILES string of the molecule is CNC1CCc2c(Cl)cccc21. The topological polar surface area (TPSA) is 12.0 Å². The average Bonchev–Trinajstić information content (AvgIpc) is 2.49. The molecule has 0 saturated carbocycles. The third-order valence-electron chi connectivity index (χ3n) is 2.56. The highest BCUT2D eigenvalue weighted by Gasteiger charge is 2.21. The minimum atomic E-state index is 0.513. The molecule has 1 N–H and O–H groups in total. The Balaban J connectivity index is 2.46. The van der Waals surface area contributed by atoms with Gasteiger partial charge in [0.1, 0.15) is 0 Å². The van der Waals surface area contributed by atoms with Gasteiger partial charge in [0.05, 0.1) is 0 Å². The molecule has 64 valence electrons. The van der Waals surface area contributed by atoms with Crippen molar-refractivity contribution in [3.05, 3.63) is 34.3 Å². The molecule has 0 aromatic heterocycles. The van der Waals surface area contributed by atoms with E-state index in [1.54, 1.807) is 0 Å². The Morgan fingerprint density at radius 3 is 3.08 bits per heavy atom. The van der Waals surface area contributed by atoms with Gasteiger partial charge in [-0.25, -0.2) is 0 Å². The summed E-state index contributed by atoms with van der Waals surface area (Å²) in [7, 11) is 2.00. The molecule has 0 spiro atoms. The smallest absolute Gasteiger partial charge is 0.0441 e. The fourth-order valence-corrected chi connectivity index (χ4v) is 2.19. The predicted molar refractivity (Wildman–Crippen MR) is 51.6 cm³/mol. The Morgan fingerprint density at radius 1 is 1.50 bits per heavy atom. The largest absolute Gasteiger partial charge is 0.313 e. The fraction of sp³-hybridized carbons (Fsp3) is 0.400. The van der Waals surface area contributed by atoms with E-state index in [-0.39, 0.29) is 0 Å². The van der Waals surface area contributed by atoms with Crippen LogP contribution in [0.4, 0.5) is 0 Å². The summed E-state index contributed by atoms with van der Waals surface area (Å²) in [5.41, 5.74) is 2.71. The number of hydrogen-bond acceptors (Lipinski definition) is 1. The van der Waals surface area contributed by atoms with Crippen LogP contribution >= 0.6 is 11.6 Å². The van der Waals surface area contributed by atoms with E-state index in [4.69, 9.17) is 11.6 Å². The third-order valence-corrected chi connectivity index (χ3v) is 2.92. The standard InChI is InChI=1S/C10H12ClN/c1-12-10-6-5-7-8(10)3-2-4-9(7)11/h2-4,10,12H,5-6H2,1H3. The second kappa shape index (κ2) is 3.08. The first kappa shape index (κ1) is 8.09. The van der Waals surface area contributed by atoms with E-state index in [1.807, 2.05) is 19.2 Å². The van der Waals surface area contributed by atoms with Crippen LogP contribution in [0.15, 0.2) is 18.2 Å². The van der Waals surface area contributed by atoms with E-state index in [9.17, 15) is 0 Å². The number of halogens is 1. The Bertz CT molecular complexity index is 296. The predicted octanol–water partition coefficient (Wildman–Crippen LogP) is 2.55. The van der Waals surface area contributed by atoms with Gasteiger partial charge in [0.25, 0.3) is 0 Å². The highest BCUT2D eigenvalue weighted by atomic mass is 35.5. The molecular weight excluding hydrogens is 170 g/mol. The van der Waals surface area contributed by atoms with Gasteiger partial charge >= 0.3 is 0 Å². The van der Waals surface area contributed by atoms with E-state index >= 15 is 0 Å². The Kier molecular flexibility index (Phi) is 2.07. The summed E-state index contributed by atoms with van der Waals surface area (Å²) in [6.07, 6.45) is 2.29. The fourth-order valence-electron chi connectivity index (χ4n) is 1.91. The summed E-state index contributed by atoms with van der Waals surface area (Å²) in [5.74, 6) is 0. The van der Waals surface area contributed by atoms with Crippen molar-refractivity contribution in [1.82, 2.24) is 5.32 Å². The van der Waals surface area contributed by atoms with Crippen LogP contribution in [0.3, 0.4) is 0 Å². The van der Waals surface area contributed by atoms with Crippen LogP contribution in [-0.4, -0.2) is 7.05 Å². The van der Waals surface area contributed by atoms with Crippen LogP contribution < -0.4 is 5.32 Å². The van der Waals surface area contributed by atoms with Gasteiger partial charge in [-0.05, 0) is 37.1 Å². The van der Waals surface area contributed by atoms with Gasteiger partial charge in [-0.15, -0.1) is 0 Å². The lowest BCUT2D eigenvalue weighted by Gasteiger charge is -2.09. The van der Waals surface area contributed by atoms with E-state index in [1.165, 1.54) is 17.5 Å². The molecule has 1 aliphatic rings. The van der Waals surface area contributed by atoms with E-state index in [0.29, 0.717) is 6.04 Å². The molecule has 1 nitrogen and oxygen atoms in total. The molecule has 1 unspecified atom stereocenters. The summed E-state index contributed by atoms with van der Waals surface area (Å²) in [6.45, 7) is 0. The van der Waals surface area contributed by atoms with E-state index in [0.717, 1.165) is 11.4 Å². The van der Waals surface area contributed by atoms with Crippen molar-refractivity contribution >= 4 is 11.6 Å². The quantitative estimate of drug-likeness (QED) is 0.702. The maximum atomic E-state index is 6.06. The lowest BCUT2D eigenvalue weighted by molar-refractivity contribution is 0.590. The second-order valence-corrected chi connectivity index (χ2v) is 3.59. The maximum Gasteiger partial charge on any atom is 0.0441 e. The zero-order chi connectivity index (χ0) is 8.55. The van der Waals surface area contributed by atoms with Crippen molar-refractivity contribution in [3.8, 4) is 0 Å². The van der Waals surface area contributed by atoms with E-state index < -0.39 is 0 Å². The van der Waals surface area contributed by atoms with Crippen LogP contribution in [0.1, 0.15) is 23.6 Å². The highest BCUT2D eigenvalue weighted by Crippen LogP contribution is 2.34. The van der Waals surface area contributed by atoms with Crippen molar-refractivity contribution in [1.29, 1.82) is 0 Å². The second-order valence-electron chi connectivity index (χ2n) is 3.19. The minimum absolute atomic E-state index is 0.513. The van der Waals surface area contributed by atoms with Crippen molar-refractivity contribution < 1.29 is 0 Å². The molecule has 1 aliphatic carbocycles. The van der Waals surface area contributed by atoms with E-state index in [2.05, 4.69) is 11.4 Å². The Labute approximate surface area is 77.7 Å². The van der Waals surface area contributed by atoms with Gasteiger partial charge in [-0.3, -0.25) is 0 Å². The number of hydrogen-bond donors (Lipinski definition) is 1. The average molecular weight is 182 g/mol. The van der Waals surface area contributed by atoms with Crippen LogP contribution in [0.25, 0.3) is 0 Å². The number of fused-ring (bicyclic) bond motifs is 1. The molecule has 0 saturated heterocycles. The minimum Gasteiger partial charge on any atom is -0.313 e. The van der Waals surface area contributed by atoms with Crippen LogP contribution in [-0.2, 0) is 6.42 Å². The molecule has 2 heteroatoms. The van der Waals surface area contributed by atoms with Crippen LogP contribution in [0, 0.1) is 0 Å². The lowest BCUT2D eigenvalue weighted by atomic mass is 10.1. The van der Waals surface area contributed by atoms with Gasteiger partial charge in [-0.1, -0.05) is 23.7 Å². The molecular formula is C10H12ClN. The molecule has 0 fully saturated rings. The number of benzene rings is 1. The zero-order valence-corrected chi connectivity index (χ0v) is 7.86. The van der Waals surface area contributed by atoms with Crippen molar-refractivity contribution in [3.63, 3.8) is 0 Å². The van der Waals surface area contributed by atoms with Gasteiger partial charge in [-0.2, -0.15) is 0 Å². The summed E-state index contributed by atoms with van der Waals surface area (Å²) >= 11 is 6.06. The van der Waals surface area contributed by atoms with Crippen molar-refractivity contribution in [2.75, 3.05) is 7.05 Å². The zero-order valence-electron chi connectivity index (χ0n) is 7.10. The molecule has 1 atom stereocenters. The summed E-state index contributed by atoms with van der Waals surface area (Å²) in [6, 6.07) is 6.67. The number of nitrogens with one attached hydrogen (secondary N) is 1. The van der Waals surface area contributed by atoms with Gasteiger partial charge in [0, 0.05) is 11.1 Å².